The van der Waals surface area contributed by atoms with Crippen molar-refractivity contribution in [2.24, 2.45) is 0 Å². The Morgan fingerprint density at radius 3 is 2.21 bits per heavy atom. The number of unbranched alkanes of at least 4 members (excludes halogenated alkanes) is 1. The number of carbonyl (C=O) groups is 1. The smallest absolute Gasteiger partial charge is 0.196 e. The summed E-state index contributed by atoms with van der Waals surface area (Å²) < 4.78 is 14.3. The highest BCUT2D eigenvalue weighted by molar-refractivity contribution is 9.11. The summed E-state index contributed by atoms with van der Waals surface area (Å²) in [7, 11) is 0. The van der Waals surface area contributed by atoms with E-state index >= 15 is 0 Å². The molecule has 0 heterocycles. The lowest BCUT2D eigenvalue weighted by Crippen LogP contribution is -2.08. The van der Waals surface area contributed by atoms with Crippen LogP contribution in [0.1, 0.15) is 65.2 Å². The molecule has 4 aromatic carbocycles. The van der Waals surface area contributed by atoms with Gasteiger partial charge in [-0.25, -0.2) is 0 Å². The Hall–Kier alpha value is -2.89. The normalized spacial score (nSPS) is 11.0. The molecule has 0 fully saturated rings. The zero-order valence-corrected chi connectivity index (χ0v) is 25.1. The van der Waals surface area contributed by atoms with Crippen LogP contribution in [0.3, 0.4) is 0 Å². The predicted octanol–water partition coefficient (Wildman–Crippen LogP) is 10.1. The zero-order valence-electron chi connectivity index (χ0n) is 22.0. The molecule has 4 aromatic rings. The maximum atomic E-state index is 13.8. The fourth-order valence-corrected chi connectivity index (χ4v) is 5.46. The van der Waals surface area contributed by atoms with Gasteiger partial charge in [0.2, 0.25) is 0 Å². The van der Waals surface area contributed by atoms with Crippen LogP contribution in [0.15, 0.2) is 93.9 Å². The fraction of sp³-hybridized carbons (Fsp3) is 0.242. The summed E-state index contributed by atoms with van der Waals surface area (Å²) in [5, 5.41) is 0. The number of carbonyl (C=O) groups excluding carboxylic acids is 1. The Morgan fingerprint density at radius 1 is 0.816 bits per heavy atom. The van der Waals surface area contributed by atoms with E-state index in [1.807, 2.05) is 67.6 Å². The van der Waals surface area contributed by atoms with Crippen LogP contribution in [0.2, 0.25) is 0 Å². The number of halogens is 2. The topological polar surface area (TPSA) is 35.5 Å². The molecule has 0 unspecified atom stereocenters. The molecule has 3 nitrogen and oxygen atoms in total. The van der Waals surface area contributed by atoms with Gasteiger partial charge in [0.15, 0.2) is 11.5 Å². The Kier molecular flexibility index (Phi) is 9.81. The number of para-hydroxylation sites is 1. The second-order valence-corrected chi connectivity index (χ2v) is 11.4. The number of hydrogen-bond acceptors (Lipinski definition) is 3. The average Bonchev–Trinajstić information content (AvgIpc) is 2.91. The maximum Gasteiger partial charge on any atom is 0.196 e. The summed E-state index contributed by atoms with van der Waals surface area (Å²) in [5.41, 5.74) is 4.46. The first-order chi connectivity index (χ1) is 18.3. The molecule has 38 heavy (non-hydrogen) atoms. The van der Waals surface area contributed by atoms with Gasteiger partial charge in [0, 0.05) is 11.1 Å². The number of ether oxygens (including phenoxy) is 2. The number of hydrogen-bond donors (Lipinski definition) is 0. The number of rotatable bonds is 11. The van der Waals surface area contributed by atoms with Crippen LogP contribution >= 0.6 is 31.9 Å². The second kappa shape index (κ2) is 13.3. The van der Waals surface area contributed by atoms with E-state index in [0.717, 1.165) is 45.1 Å². The molecule has 0 aromatic heterocycles. The number of benzene rings is 4. The van der Waals surface area contributed by atoms with Gasteiger partial charge in [-0.05, 0) is 99.9 Å². The molecular weight excluding hydrogens is 604 g/mol. The Labute approximate surface area is 242 Å². The van der Waals surface area contributed by atoms with Gasteiger partial charge in [-0.15, -0.1) is 0 Å². The standard InChI is InChI=1S/C33H32Br2O3/c1-22(2)26-20-31(38-33-28(34)16-10-17-29(33)35)27(32(36)25-15-9-11-23(3)19-25)21-30(26)37-18-8-7-14-24-12-5-4-6-13-24/h4-6,9-13,15-17,19-22H,7-8,14,18H2,1-3H3. The van der Waals surface area contributed by atoms with E-state index in [-0.39, 0.29) is 11.7 Å². The fourth-order valence-electron chi connectivity index (χ4n) is 4.30. The third-order valence-corrected chi connectivity index (χ3v) is 7.60. The molecule has 0 atom stereocenters. The molecule has 0 N–H and O–H groups in total. The molecule has 0 saturated carbocycles. The van der Waals surface area contributed by atoms with Crippen LogP contribution < -0.4 is 9.47 Å². The first-order valence-corrected chi connectivity index (χ1v) is 14.5. The maximum absolute atomic E-state index is 13.8. The van der Waals surface area contributed by atoms with Crippen LogP contribution in [-0.4, -0.2) is 12.4 Å². The molecular formula is C33H32Br2O3. The van der Waals surface area contributed by atoms with Crippen molar-refractivity contribution in [2.75, 3.05) is 6.61 Å². The summed E-state index contributed by atoms with van der Waals surface area (Å²) in [4.78, 5) is 13.8. The van der Waals surface area contributed by atoms with Gasteiger partial charge in [0.1, 0.15) is 11.5 Å². The highest BCUT2D eigenvalue weighted by Gasteiger charge is 2.22. The van der Waals surface area contributed by atoms with Crippen molar-refractivity contribution >= 4 is 37.6 Å². The zero-order chi connectivity index (χ0) is 27.1. The molecule has 196 valence electrons. The number of ketones is 1. The van der Waals surface area contributed by atoms with Gasteiger partial charge in [-0.3, -0.25) is 4.79 Å². The molecule has 4 rings (SSSR count). The summed E-state index contributed by atoms with van der Waals surface area (Å²) in [6.45, 7) is 6.81. The lowest BCUT2D eigenvalue weighted by Gasteiger charge is -2.20. The summed E-state index contributed by atoms with van der Waals surface area (Å²) >= 11 is 7.17. The van der Waals surface area contributed by atoms with E-state index in [2.05, 4.69) is 70.0 Å². The van der Waals surface area contributed by atoms with Crippen LogP contribution in [-0.2, 0) is 6.42 Å². The molecule has 0 amide bonds. The minimum absolute atomic E-state index is 0.101. The largest absolute Gasteiger partial charge is 0.493 e. The van der Waals surface area contributed by atoms with Crippen LogP contribution in [0.4, 0.5) is 0 Å². The van der Waals surface area contributed by atoms with Crippen LogP contribution in [0.25, 0.3) is 0 Å². The van der Waals surface area contributed by atoms with Crippen LogP contribution in [0, 0.1) is 6.92 Å². The Bertz CT molecular complexity index is 1380. The van der Waals surface area contributed by atoms with E-state index in [9.17, 15) is 4.79 Å². The highest BCUT2D eigenvalue weighted by atomic mass is 79.9. The summed E-state index contributed by atoms with van der Waals surface area (Å²) in [5.74, 6) is 1.94. The highest BCUT2D eigenvalue weighted by Crippen LogP contribution is 2.41. The molecule has 0 aliphatic carbocycles. The third kappa shape index (κ3) is 7.15. The Morgan fingerprint density at radius 2 is 1.53 bits per heavy atom. The molecule has 0 aliphatic heterocycles. The minimum atomic E-state index is -0.101. The minimum Gasteiger partial charge on any atom is -0.493 e. The molecule has 5 heteroatoms. The van der Waals surface area contributed by atoms with Gasteiger partial charge in [-0.2, -0.15) is 0 Å². The molecule has 0 saturated heterocycles. The van der Waals surface area contributed by atoms with E-state index < -0.39 is 0 Å². The molecule has 0 radical (unpaired) electrons. The van der Waals surface area contributed by atoms with E-state index in [0.29, 0.717) is 29.2 Å². The Balaban J connectivity index is 1.65. The predicted molar refractivity (Wildman–Crippen MR) is 162 cm³/mol. The van der Waals surface area contributed by atoms with Crippen LogP contribution in [0.5, 0.6) is 17.2 Å². The van der Waals surface area contributed by atoms with Crippen molar-refractivity contribution in [1.82, 2.24) is 0 Å². The average molecular weight is 636 g/mol. The summed E-state index contributed by atoms with van der Waals surface area (Å²) in [6.07, 6.45) is 2.98. The van der Waals surface area contributed by atoms with E-state index in [1.54, 1.807) is 0 Å². The van der Waals surface area contributed by atoms with Gasteiger partial charge < -0.3 is 9.47 Å². The van der Waals surface area contributed by atoms with Gasteiger partial charge >= 0.3 is 0 Å². The second-order valence-electron chi connectivity index (χ2n) is 9.68. The van der Waals surface area contributed by atoms with Gasteiger partial charge in [0.25, 0.3) is 0 Å². The van der Waals surface area contributed by atoms with E-state index in [4.69, 9.17) is 9.47 Å². The first-order valence-electron chi connectivity index (χ1n) is 12.9. The van der Waals surface area contributed by atoms with Crippen molar-refractivity contribution in [3.8, 4) is 17.2 Å². The van der Waals surface area contributed by atoms with Gasteiger partial charge in [0.05, 0.1) is 21.1 Å². The summed E-state index contributed by atoms with van der Waals surface area (Å²) in [6, 6.07) is 27.7. The first kappa shape index (κ1) is 28.1. The van der Waals surface area contributed by atoms with Crippen molar-refractivity contribution in [3.63, 3.8) is 0 Å². The molecule has 0 aliphatic rings. The monoisotopic (exact) mass is 634 g/mol. The lowest BCUT2D eigenvalue weighted by atomic mass is 9.95. The quantitative estimate of drug-likeness (QED) is 0.121. The molecule has 0 bridgehead atoms. The van der Waals surface area contributed by atoms with Crippen molar-refractivity contribution in [1.29, 1.82) is 0 Å². The SMILES string of the molecule is Cc1cccc(C(=O)c2cc(OCCCCc3ccccc3)c(C(C)C)cc2Oc2c(Br)cccc2Br)c1. The molecule has 0 spiro atoms. The van der Waals surface area contributed by atoms with Gasteiger partial charge in [-0.1, -0.05) is 74.0 Å². The third-order valence-electron chi connectivity index (χ3n) is 6.35. The lowest BCUT2D eigenvalue weighted by molar-refractivity contribution is 0.103. The number of aryl methyl sites for hydroxylation is 2. The van der Waals surface area contributed by atoms with Crippen molar-refractivity contribution < 1.29 is 14.3 Å². The van der Waals surface area contributed by atoms with Crippen molar-refractivity contribution in [2.45, 2.75) is 46.0 Å². The van der Waals surface area contributed by atoms with E-state index in [1.165, 1.54) is 5.56 Å². The van der Waals surface area contributed by atoms with Crippen molar-refractivity contribution in [3.05, 3.63) is 122 Å².